The van der Waals surface area contributed by atoms with Crippen LogP contribution in [0.25, 0.3) is 0 Å². The van der Waals surface area contributed by atoms with E-state index in [1.54, 1.807) is 0 Å². The third-order valence-corrected chi connectivity index (χ3v) is 7.17. The highest BCUT2D eigenvalue weighted by Gasteiger charge is 2.70. The van der Waals surface area contributed by atoms with E-state index in [0.29, 0.717) is 17.7 Å². The van der Waals surface area contributed by atoms with Crippen LogP contribution < -0.4 is 16.4 Å². The lowest BCUT2D eigenvalue weighted by atomic mass is 9.76. The number of hydrogen-bond donors (Lipinski definition) is 3. The van der Waals surface area contributed by atoms with Crippen molar-refractivity contribution in [2.45, 2.75) is 37.8 Å². The zero-order valence-corrected chi connectivity index (χ0v) is 18.3. The van der Waals surface area contributed by atoms with Crippen LogP contribution in [0.5, 0.6) is 0 Å². The van der Waals surface area contributed by atoms with Crippen molar-refractivity contribution in [3.05, 3.63) is 65.2 Å². The lowest BCUT2D eigenvalue weighted by molar-refractivity contribution is -0.142. The van der Waals surface area contributed by atoms with Gasteiger partial charge in [-0.2, -0.15) is 0 Å². The van der Waals surface area contributed by atoms with Gasteiger partial charge in [0.2, 0.25) is 23.6 Å². The number of rotatable bonds is 6. The Bertz CT molecular complexity index is 1160. The summed E-state index contributed by atoms with van der Waals surface area (Å²) < 4.78 is 0. The Morgan fingerprint density at radius 1 is 1.06 bits per heavy atom. The molecule has 4 amide bonds. The molecule has 4 atom stereocenters. The summed E-state index contributed by atoms with van der Waals surface area (Å²) >= 11 is 0. The number of likely N-dealkylation sites (tertiary alicyclic amines) is 1. The number of amides is 4. The van der Waals surface area contributed by atoms with E-state index in [-0.39, 0.29) is 30.7 Å². The molecule has 170 valence electrons. The largest absolute Gasteiger partial charge is 0.370 e. The van der Waals surface area contributed by atoms with Crippen LogP contribution in [0, 0.1) is 11.8 Å². The average Bonchev–Trinajstić information content (AvgIpc) is 3.37. The minimum absolute atomic E-state index is 0.134. The molecule has 2 fully saturated rings. The van der Waals surface area contributed by atoms with Gasteiger partial charge >= 0.3 is 0 Å². The summed E-state index contributed by atoms with van der Waals surface area (Å²) in [6.45, 7) is 2.23. The number of nitrogens with one attached hydrogen (secondary N) is 2. The van der Waals surface area contributed by atoms with Crippen LogP contribution in [0.15, 0.2) is 48.5 Å². The molecule has 4 N–H and O–H groups in total. The van der Waals surface area contributed by atoms with Gasteiger partial charge in [0.1, 0.15) is 5.54 Å². The summed E-state index contributed by atoms with van der Waals surface area (Å²) in [4.78, 5) is 53.6. The van der Waals surface area contributed by atoms with Crippen LogP contribution >= 0.6 is 0 Å². The molecule has 2 saturated heterocycles. The van der Waals surface area contributed by atoms with Crippen molar-refractivity contribution in [1.29, 1.82) is 0 Å². The highest BCUT2D eigenvalue weighted by molar-refractivity contribution is 6.15. The van der Waals surface area contributed by atoms with Crippen LogP contribution in [0.2, 0.25) is 0 Å². The number of carbonyl (C=O) groups is 4. The van der Waals surface area contributed by atoms with Crippen molar-refractivity contribution in [2.24, 2.45) is 17.6 Å². The standard InChI is InChI=1S/C25H26N4O4/c1-2-14-8-9-17-16(12-14)25(24(33)27-17)21-20(18(28-25)13-19(26)30)22(31)29(23(21)32)11-10-15-6-4-3-5-7-15/h3-9,12,18,20-21,28H,2,10-11,13H2,1H3,(H2,26,30)(H,27,33)/t18?,20-,21+,25?/m1/s1. The number of imide groups is 1. The minimum Gasteiger partial charge on any atom is -0.370 e. The molecule has 3 heterocycles. The predicted molar refractivity (Wildman–Crippen MR) is 121 cm³/mol. The number of fused-ring (bicyclic) bond motifs is 4. The number of nitrogens with two attached hydrogens (primary N) is 1. The zero-order valence-electron chi connectivity index (χ0n) is 18.3. The SMILES string of the molecule is CCc1ccc2c(c1)C1(NC(CC(N)=O)[C@H]3C(=O)N(CCc4ccccc4)C(=O)[C@H]31)C(=O)N2. The number of carbonyl (C=O) groups excluding carboxylic acids is 4. The van der Waals surface area contributed by atoms with Gasteiger partial charge in [0.05, 0.1) is 11.8 Å². The second kappa shape index (κ2) is 7.81. The zero-order chi connectivity index (χ0) is 23.3. The first-order chi connectivity index (χ1) is 15.9. The van der Waals surface area contributed by atoms with Crippen LogP contribution in [-0.4, -0.2) is 41.1 Å². The lowest BCUT2D eigenvalue weighted by Crippen LogP contribution is -2.53. The topological polar surface area (TPSA) is 122 Å². The second-order valence-electron chi connectivity index (χ2n) is 8.98. The van der Waals surface area contributed by atoms with E-state index in [1.807, 2.05) is 55.5 Å². The van der Waals surface area contributed by atoms with Crippen LogP contribution in [0.3, 0.4) is 0 Å². The van der Waals surface area contributed by atoms with Gasteiger partial charge in [0, 0.05) is 30.3 Å². The molecule has 0 aliphatic carbocycles. The number of aryl methyl sites for hydroxylation is 1. The maximum Gasteiger partial charge on any atom is 0.250 e. The Labute approximate surface area is 191 Å². The van der Waals surface area contributed by atoms with Gasteiger partial charge in [-0.15, -0.1) is 0 Å². The summed E-state index contributed by atoms with van der Waals surface area (Å²) in [6.07, 6.45) is 1.14. The number of benzene rings is 2. The van der Waals surface area contributed by atoms with E-state index >= 15 is 0 Å². The fourth-order valence-corrected chi connectivity index (χ4v) is 5.63. The molecule has 5 rings (SSSR count). The van der Waals surface area contributed by atoms with Gasteiger partial charge in [-0.3, -0.25) is 29.4 Å². The number of nitrogens with zero attached hydrogens (tertiary/aromatic N) is 1. The molecule has 33 heavy (non-hydrogen) atoms. The van der Waals surface area contributed by atoms with Crippen molar-refractivity contribution in [1.82, 2.24) is 10.2 Å². The van der Waals surface area contributed by atoms with Gasteiger partial charge in [-0.05, 0) is 30.0 Å². The van der Waals surface area contributed by atoms with Crippen molar-refractivity contribution < 1.29 is 19.2 Å². The third kappa shape index (κ3) is 3.16. The summed E-state index contributed by atoms with van der Waals surface area (Å²) in [7, 11) is 0. The normalized spacial score (nSPS) is 27.7. The van der Waals surface area contributed by atoms with Crippen LogP contribution in [0.4, 0.5) is 5.69 Å². The van der Waals surface area contributed by atoms with Gasteiger partial charge in [-0.1, -0.05) is 49.4 Å². The van der Waals surface area contributed by atoms with E-state index in [4.69, 9.17) is 5.73 Å². The van der Waals surface area contributed by atoms with Crippen molar-refractivity contribution in [3.63, 3.8) is 0 Å². The highest BCUT2D eigenvalue weighted by atomic mass is 16.2. The molecule has 8 heteroatoms. The third-order valence-electron chi connectivity index (χ3n) is 7.17. The molecule has 0 saturated carbocycles. The Kier molecular flexibility index (Phi) is 5.05. The molecule has 2 unspecified atom stereocenters. The number of primary amides is 1. The molecule has 2 aromatic carbocycles. The van der Waals surface area contributed by atoms with Crippen molar-refractivity contribution in [3.8, 4) is 0 Å². The van der Waals surface area contributed by atoms with Gasteiger partial charge in [0.25, 0.3) is 0 Å². The lowest BCUT2D eigenvalue weighted by Gasteiger charge is -2.29. The summed E-state index contributed by atoms with van der Waals surface area (Å²) in [5.41, 5.74) is 7.36. The van der Waals surface area contributed by atoms with Crippen LogP contribution in [-0.2, 0) is 37.6 Å². The first-order valence-electron chi connectivity index (χ1n) is 11.3. The average molecular weight is 447 g/mol. The monoisotopic (exact) mass is 446 g/mol. The first-order valence-corrected chi connectivity index (χ1v) is 11.3. The fraction of sp³-hybridized carbons (Fsp3) is 0.360. The maximum atomic E-state index is 13.7. The Morgan fingerprint density at radius 2 is 1.82 bits per heavy atom. The molecule has 0 radical (unpaired) electrons. The van der Waals surface area contributed by atoms with Gasteiger partial charge in [-0.25, -0.2) is 0 Å². The predicted octanol–water partition coefficient (Wildman–Crippen LogP) is 1.09. The first kappa shape index (κ1) is 21.3. The fourth-order valence-electron chi connectivity index (χ4n) is 5.63. The van der Waals surface area contributed by atoms with Crippen molar-refractivity contribution >= 4 is 29.3 Å². The van der Waals surface area contributed by atoms with Crippen LogP contribution in [0.1, 0.15) is 30.0 Å². The van der Waals surface area contributed by atoms with Crippen molar-refractivity contribution in [2.75, 3.05) is 11.9 Å². The molecule has 8 nitrogen and oxygen atoms in total. The molecular formula is C25H26N4O4. The Balaban J connectivity index is 1.56. The van der Waals surface area contributed by atoms with E-state index in [9.17, 15) is 19.2 Å². The molecular weight excluding hydrogens is 420 g/mol. The molecule has 0 bridgehead atoms. The van der Waals surface area contributed by atoms with Gasteiger partial charge < -0.3 is 11.1 Å². The Hall–Kier alpha value is -3.52. The molecule has 3 aliphatic heterocycles. The Morgan fingerprint density at radius 3 is 2.52 bits per heavy atom. The quantitative estimate of drug-likeness (QED) is 0.574. The summed E-state index contributed by atoms with van der Waals surface area (Å²) in [6, 6.07) is 14.6. The smallest absolute Gasteiger partial charge is 0.250 e. The second-order valence-corrected chi connectivity index (χ2v) is 8.98. The highest BCUT2D eigenvalue weighted by Crippen LogP contribution is 2.53. The number of hydrogen-bond acceptors (Lipinski definition) is 5. The molecule has 2 aromatic rings. The summed E-state index contributed by atoms with van der Waals surface area (Å²) in [5, 5.41) is 6.11. The molecule has 1 spiro atoms. The van der Waals surface area contributed by atoms with Gasteiger partial charge in [0.15, 0.2) is 0 Å². The summed E-state index contributed by atoms with van der Waals surface area (Å²) in [5.74, 6) is -3.47. The molecule has 0 aromatic heterocycles. The van der Waals surface area contributed by atoms with E-state index in [2.05, 4.69) is 10.6 Å². The minimum atomic E-state index is -1.40. The molecule has 3 aliphatic rings. The maximum absolute atomic E-state index is 13.7. The van der Waals surface area contributed by atoms with E-state index in [0.717, 1.165) is 17.5 Å². The van der Waals surface area contributed by atoms with E-state index < -0.39 is 29.3 Å². The van der Waals surface area contributed by atoms with E-state index in [1.165, 1.54) is 4.90 Å². The number of anilines is 1.